The second-order valence-corrected chi connectivity index (χ2v) is 5.34. The van der Waals surface area contributed by atoms with Crippen molar-refractivity contribution >= 4 is 5.97 Å². The fraction of sp³-hybridized carbons (Fsp3) is 0.917. The number of rotatable bonds is 4. The Hall–Kier alpha value is -0.610. The van der Waals surface area contributed by atoms with Gasteiger partial charge >= 0.3 is 5.97 Å². The molecule has 0 unspecified atom stereocenters. The van der Waals surface area contributed by atoms with Crippen LogP contribution in [0.15, 0.2) is 0 Å². The van der Waals surface area contributed by atoms with Crippen LogP contribution in [0.1, 0.15) is 32.1 Å². The third kappa shape index (κ3) is 2.23. The van der Waals surface area contributed by atoms with Crippen molar-refractivity contribution in [2.24, 2.45) is 11.3 Å². The molecule has 0 aromatic heterocycles. The van der Waals surface area contributed by atoms with E-state index in [1.807, 2.05) is 0 Å². The average molecular weight is 227 g/mol. The fourth-order valence-electron chi connectivity index (χ4n) is 3.38. The lowest BCUT2D eigenvalue weighted by Crippen LogP contribution is -2.37. The number of fused-ring (bicyclic) bond motifs is 1. The minimum absolute atomic E-state index is 0.0801. The molecule has 16 heavy (non-hydrogen) atoms. The summed E-state index contributed by atoms with van der Waals surface area (Å²) in [5.74, 6) is -0.145. The molecule has 2 aliphatic rings. The summed E-state index contributed by atoms with van der Waals surface area (Å²) < 4.78 is 0. The zero-order valence-electron chi connectivity index (χ0n) is 9.69. The van der Waals surface area contributed by atoms with E-state index in [0.29, 0.717) is 12.5 Å². The van der Waals surface area contributed by atoms with Crippen molar-refractivity contribution in [3.8, 4) is 0 Å². The van der Waals surface area contributed by atoms with Gasteiger partial charge in [-0.25, -0.2) is 0 Å². The molecule has 4 heteroatoms. The summed E-state index contributed by atoms with van der Waals surface area (Å²) in [6, 6.07) is 0. The first-order valence-corrected chi connectivity index (χ1v) is 6.21. The molecule has 2 atom stereocenters. The van der Waals surface area contributed by atoms with Crippen LogP contribution in [-0.2, 0) is 4.79 Å². The summed E-state index contributed by atoms with van der Waals surface area (Å²) in [6.07, 6.45) is 5.00. The topological polar surface area (TPSA) is 60.8 Å². The molecule has 0 spiro atoms. The Morgan fingerprint density at radius 2 is 2.25 bits per heavy atom. The minimum Gasteiger partial charge on any atom is -0.481 e. The van der Waals surface area contributed by atoms with Gasteiger partial charge in [-0.3, -0.25) is 4.79 Å². The van der Waals surface area contributed by atoms with Crippen LogP contribution in [0, 0.1) is 11.3 Å². The monoisotopic (exact) mass is 227 g/mol. The normalized spacial score (nSPS) is 34.9. The molecule has 4 nitrogen and oxygen atoms in total. The number of hydrogen-bond acceptors (Lipinski definition) is 3. The Morgan fingerprint density at radius 1 is 1.44 bits per heavy atom. The summed E-state index contributed by atoms with van der Waals surface area (Å²) in [4.78, 5) is 12.8. The highest BCUT2D eigenvalue weighted by Crippen LogP contribution is 2.46. The van der Waals surface area contributed by atoms with Gasteiger partial charge < -0.3 is 15.1 Å². The van der Waals surface area contributed by atoms with Gasteiger partial charge in [0.15, 0.2) is 0 Å². The van der Waals surface area contributed by atoms with Crippen LogP contribution in [0.4, 0.5) is 0 Å². The Balaban J connectivity index is 1.94. The standard InChI is InChI=1S/C12H21NO3/c14-9-12-5-2-1-3-10(12)7-13(8-12)6-4-11(15)16/h10,14H,1-9H2,(H,15,16)/t10-,12+/m1/s1. The van der Waals surface area contributed by atoms with Crippen molar-refractivity contribution in [1.82, 2.24) is 4.90 Å². The molecule has 0 bridgehead atoms. The summed E-state index contributed by atoms with van der Waals surface area (Å²) in [5, 5.41) is 18.3. The zero-order chi connectivity index (χ0) is 11.6. The molecule has 0 radical (unpaired) electrons. The second kappa shape index (κ2) is 4.72. The van der Waals surface area contributed by atoms with E-state index < -0.39 is 5.97 Å². The lowest BCUT2D eigenvalue weighted by atomic mass is 9.69. The van der Waals surface area contributed by atoms with Crippen LogP contribution in [0.25, 0.3) is 0 Å². The molecule has 2 rings (SSSR count). The van der Waals surface area contributed by atoms with E-state index in [2.05, 4.69) is 4.90 Å². The lowest BCUT2D eigenvalue weighted by molar-refractivity contribution is -0.137. The first-order chi connectivity index (χ1) is 7.66. The van der Waals surface area contributed by atoms with Gasteiger partial charge in [0.1, 0.15) is 0 Å². The number of aliphatic hydroxyl groups excluding tert-OH is 1. The first kappa shape index (κ1) is 11.9. The fourth-order valence-corrected chi connectivity index (χ4v) is 3.38. The highest BCUT2D eigenvalue weighted by Gasteiger charge is 2.46. The molecule has 92 valence electrons. The van der Waals surface area contributed by atoms with Gasteiger partial charge in [0.05, 0.1) is 13.0 Å². The van der Waals surface area contributed by atoms with E-state index in [4.69, 9.17) is 5.11 Å². The molecule has 0 aromatic carbocycles. The van der Waals surface area contributed by atoms with Gasteiger partial charge in [-0.05, 0) is 18.8 Å². The molecule has 2 N–H and O–H groups in total. The van der Waals surface area contributed by atoms with Crippen molar-refractivity contribution < 1.29 is 15.0 Å². The van der Waals surface area contributed by atoms with E-state index in [-0.39, 0.29) is 18.4 Å². The summed E-state index contributed by atoms with van der Waals surface area (Å²) in [7, 11) is 0. The van der Waals surface area contributed by atoms with Gasteiger partial charge in [0, 0.05) is 25.0 Å². The predicted molar refractivity (Wildman–Crippen MR) is 60.2 cm³/mol. The minimum atomic E-state index is -0.729. The second-order valence-electron chi connectivity index (χ2n) is 5.34. The Labute approximate surface area is 96.3 Å². The summed E-state index contributed by atoms with van der Waals surface area (Å²) >= 11 is 0. The van der Waals surface area contributed by atoms with Crippen LogP contribution in [0.5, 0.6) is 0 Å². The highest BCUT2D eigenvalue weighted by atomic mass is 16.4. The van der Waals surface area contributed by atoms with E-state index in [0.717, 1.165) is 19.5 Å². The molecular weight excluding hydrogens is 206 g/mol. The predicted octanol–water partition coefficient (Wildman–Crippen LogP) is 0.946. The van der Waals surface area contributed by atoms with Crippen molar-refractivity contribution in [2.75, 3.05) is 26.2 Å². The molecule has 1 aliphatic heterocycles. The maximum atomic E-state index is 10.5. The highest BCUT2D eigenvalue weighted by molar-refractivity contribution is 5.66. The van der Waals surface area contributed by atoms with E-state index in [1.54, 1.807) is 0 Å². The van der Waals surface area contributed by atoms with E-state index >= 15 is 0 Å². The number of aliphatic carboxylic acids is 1. The van der Waals surface area contributed by atoms with Gasteiger partial charge in [-0.15, -0.1) is 0 Å². The molecule has 1 saturated carbocycles. The number of carboxylic acids is 1. The molecular formula is C12H21NO3. The molecule has 1 heterocycles. The SMILES string of the molecule is O=C(O)CCN1C[C@H]2CCCC[C@@]2(CO)C1. The van der Waals surface area contributed by atoms with E-state index in [9.17, 15) is 9.90 Å². The van der Waals surface area contributed by atoms with Gasteiger partial charge in [-0.1, -0.05) is 12.8 Å². The van der Waals surface area contributed by atoms with Crippen molar-refractivity contribution in [3.05, 3.63) is 0 Å². The van der Waals surface area contributed by atoms with Crippen molar-refractivity contribution in [3.63, 3.8) is 0 Å². The van der Waals surface area contributed by atoms with Crippen LogP contribution in [-0.4, -0.2) is 47.3 Å². The number of nitrogens with zero attached hydrogens (tertiary/aromatic N) is 1. The van der Waals surface area contributed by atoms with Crippen molar-refractivity contribution in [1.29, 1.82) is 0 Å². The zero-order valence-corrected chi connectivity index (χ0v) is 9.69. The van der Waals surface area contributed by atoms with Crippen molar-refractivity contribution in [2.45, 2.75) is 32.1 Å². The van der Waals surface area contributed by atoms with Crippen LogP contribution in [0.3, 0.4) is 0 Å². The van der Waals surface area contributed by atoms with Gasteiger partial charge in [0.2, 0.25) is 0 Å². The number of aliphatic hydroxyl groups is 1. The largest absolute Gasteiger partial charge is 0.481 e. The average Bonchev–Trinajstić information content (AvgIpc) is 2.65. The number of carbonyl (C=O) groups is 1. The molecule has 0 aromatic rings. The lowest BCUT2D eigenvalue weighted by Gasteiger charge is -2.36. The van der Waals surface area contributed by atoms with Crippen LogP contribution < -0.4 is 0 Å². The number of carboxylic acid groups (broad SMARTS) is 1. The number of likely N-dealkylation sites (tertiary alicyclic amines) is 1. The smallest absolute Gasteiger partial charge is 0.304 e. The Bertz CT molecular complexity index is 269. The first-order valence-electron chi connectivity index (χ1n) is 6.21. The number of hydrogen-bond donors (Lipinski definition) is 2. The van der Waals surface area contributed by atoms with Gasteiger partial charge in [-0.2, -0.15) is 0 Å². The quantitative estimate of drug-likeness (QED) is 0.750. The summed E-state index contributed by atoms with van der Waals surface area (Å²) in [5.41, 5.74) is 0.0801. The molecule has 0 amide bonds. The Morgan fingerprint density at radius 3 is 2.88 bits per heavy atom. The molecule has 1 aliphatic carbocycles. The third-order valence-electron chi connectivity index (χ3n) is 4.32. The third-order valence-corrected chi connectivity index (χ3v) is 4.32. The van der Waals surface area contributed by atoms with Gasteiger partial charge in [0.25, 0.3) is 0 Å². The maximum absolute atomic E-state index is 10.5. The molecule has 2 fully saturated rings. The van der Waals surface area contributed by atoms with E-state index in [1.165, 1.54) is 19.3 Å². The maximum Gasteiger partial charge on any atom is 0.304 e. The summed E-state index contributed by atoms with van der Waals surface area (Å²) in [6.45, 7) is 2.77. The van der Waals surface area contributed by atoms with Crippen LogP contribution >= 0.6 is 0 Å². The molecule has 1 saturated heterocycles. The van der Waals surface area contributed by atoms with Crippen LogP contribution in [0.2, 0.25) is 0 Å². The Kier molecular flexibility index (Phi) is 3.50.